The van der Waals surface area contributed by atoms with E-state index in [1.165, 1.54) is 4.90 Å². The zero-order valence-electron chi connectivity index (χ0n) is 23.0. The Kier molecular flexibility index (Phi) is 7.79. The number of amides is 1. The number of hydrogen-bond acceptors (Lipinski definition) is 9. The average Bonchev–Trinajstić information content (AvgIpc) is 3.24. The van der Waals surface area contributed by atoms with Crippen molar-refractivity contribution in [2.75, 3.05) is 25.2 Å². The van der Waals surface area contributed by atoms with Crippen LogP contribution in [0.5, 0.6) is 0 Å². The van der Waals surface area contributed by atoms with E-state index in [9.17, 15) is 19.2 Å². The van der Waals surface area contributed by atoms with Gasteiger partial charge in [0.05, 0.1) is 13.7 Å². The fraction of sp³-hybridized carbons (Fsp3) is 0.188. The number of nitrogens with two attached hydrogens (primary N) is 1. The molecule has 0 saturated heterocycles. The van der Waals surface area contributed by atoms with Crippen LogP contribution in [0.25, 0.3) is 5.76 Å². The van der Waals surface area contributed by atoms with Crippen molar-refractivity contribution in [3.8, 4) is 0 Å². The molecule has 0 aromatic heterocycles. The molecule has 42 heavy (non-hydrogen) atoms. The topological polar surface area (TPSA) is 134 Å². The number of carbonyl (C=O) groups excluding carboxylic acids is 4. The molecule has 10 nitrogen and oxygen atoms in total. The molecule has 0 radical (unpaired) electrons. The van der Waals surface area contributed by atoms with Crippen LogP contribution in [0.3, 0.4) is 0 Å². The minimum atomic E-state index is -2.15. The molecule has 0 bridgehead atoms. The number of hydrogen-bond donors (Lipinski definition) is 1. The molecule has 0 saturated carbocycles. The van der Waals surface area contributed by atoms with E-state index >= 15 is 0 Å². The Bertz CT molecular complexity index is 1610. The summed E-state index contributed by atoms with van der Waals surface area (Å²) in [5.74, 6) is -3.86. The highest BCUT2D eigenvalue weighted by atomic mass is 16.5. The summed E-state index contributed by atoms with van der Waals surface area (Å²) in [4.78, 5) is 56.2. The van der Waals surface area contributed by atoms with Crippen molar-refractivity contribution in [3.05, 3.63) is 119 Å². The fourth-order valence-corrected chi connectivity index (χ4v) is 5.30. The third kappa shape index (κ3) is 4.66. The first-order valence-electron chi connectivity index (χ1n) is 13.2. The maximum absolute atomic E-state index is 14.7. The quantitative estimate of drug-likeness (QED) is 0.321. The molecule has 0 fully saturated rings. The van der Waals surface area contributed by atoms with E-state index < -0.39 is 47.2 Å². The van der Waals surface area contributed by atoms with Crippen molar-refractivity contribution in [3.63, 3.8) is 0 Å². The van der Waals surface area contributed by atoms with Crippen molar-refractivity contribution in [1.29, 1.82) is 0 Å². The number of esters is 3. The highest BCUT2D eigenvalue weighted by Crippen LogP contribution is 2.55. The summed E-state index contributed by atoms with van der Waals surface area (Å²) in [5.41, 5.74) is 5.25. The van der Waals surface area contributed by atoms with Crippen LogP contribution in [0.15, 0.2) is 102 Å². The van der Waals surface area contributed by atoms with E-state index in [4.69, 9.17) is 24.7 Å². The third-order valence-corrected chi connectivity index (χ3v) is 7.04. The summed E-state index contributed by atoms with van der Waals surface area (Å²) >= 11 is 0. The highest BCUT2D eigenvalue weighted by molar-refractivity contribution is 6.24. The van der Waals surface area contributed by atoms with Crippen molar-refractivity contribution in [2.45, 2.75) is 18.9 Å². The van der Waals surface area contributed by atoms with Gasteiger partial charge in [-0.3, -0.25) is 14.5 Å². The number of benzene rings is 3. The molecule has 5 rings (SSSR count). The van der Waals surface area contributed by atoms with Crippen LogP contribution in [-0.2, 0) is 50.1 Å². The van der Waals surface area contributed by atoms with E-state index in [2.05, 4.69) is 0 Å². The van der Waals surface area contributed by atoms with Crippen LogP contribution in [0.1, 0.15) is 23.6 Å². The number of nitrogens with zero attached hydrogens (tertiary/aromatic N) is 1. The zero-order valence-corrected chi connectivity index (χ0v) is 23.0. The average molecular weight is 569 g/mol. The molecule has 2 heterocycles. The summed E-state index contributed by atoms with van der Waals surface area (Å²) in [6.45, 7) is 1.08. The molecular weight excluding hydrogens is 540 g/mol. The Hall–Kier alpha value is -5.38. The van der Waals surface area contributed by atoms with Gasteiger partial charge in [-0.05, 0) is 18.6 Å². The molecule has 10 heteroatoms. The van der Waals surface area contributed by atoms with Crippen LogP contribution in [0.4, 0.5) is 5.69 Å². The Morgan fingerprint density at radius 2 is 1.50 bits per heavy atom. The van der Waals surface area contributed by atoms with Crippen molar-refractivity contribution in [2.24, 2.45) is 5.73 Å². The Balaban J connectivity index is 1.70. The molecule has 2 aliphatic heterocycles. The van der Waals surface area contributed by atoms with Gasteiger partial charge in [-0.25, -0.2) is 9.59 Å². The maximum atomic E-state index is 14.7. The van der Waals surface area contributed by atoms with Crippen molar-refractivity contribution in [1.82, 2.24) is 0 Å². The van der Waals surface area contributed by atoms with Gasteiger partial charge in [0.1, 0.15) is 35.5 Å². The van der Waals surface area contributed by atoms with Crippen LogP contribution < -0.4 is 10.6 Å². The number of fused-ring (bicyclic) bond motifs is 2. The summed E-state index contributed by atoms with van der Waals surface area (Å²) in [5, 5.41) is 0. The lowest BCUT2D eigenvalue weighted by Crippen LogP contribution is -2.51. The van der Waals surface area contributed by atoms with E-state index in [1.807, 2.05) is 18.2 Å². The number of rotatable bonds is 8. The van der Waals surface area contributed by atoms with E-state index in [1.54, 1.807) is 73.7 Å². The van der Waals surface area contributed by atoms with Crippen molar-refractivity contribution < 1.29 is 38.1 Å². The maximum Gasteiger partial charge on any atom is 0.340 e. The van der Waals surface area contributed by atoms with Crippen LogP contribution in [-0.4, -0.2) is 44.1 Å². The van der Waals surface area contributed by atoms with Gasteiger partial charge in [0.25, 0.3) is 0 Å². The van der Waals surface area contributed by atoms with Gasteiger partial charge >= 0.3 is 17.9 Å². The largest absolute Gasteiger partial charge is 0.465 e. The molecule has 3 aromatic carbocycles. The van der Waals surface area contributed by atoms with Crippen LogP contribution in [0, 0.1) is 0 Å². The summed E-state index contributed by atoms with van der Waals surface area (Å²) in [7, 11) is 1.13. The number of methoxy groups -OCH3 is 1. The van der Waals surface area contributed by atoms with Gasteiger partial charge < -0.3 is 24.7 Å². The first kappa shape index (κ1) is 28.2. The molecule has 1 atom stereocenters. The lowest BCUT2D eigenvalue weighted by Gasteiger charge is -2.36. The molecule has 0 aliphatic carbocycles. The predicted molar refractivity (Wildman–Crippen MR) is 151 cm³/mol. The normalized spacial score (nSPS) is 17.6. The number of para-hydroxylation sites is 1. The second kappa shape index (κ2) is 11.6. The summed E-state index contributed by atoms with van der Waals surface area (Å²) < 4.78 is 21.9. The molecule has 3 aromatic rings. The molecule has 2 aliphatic rings. The smallest absolute Gasteiger partial charge is 0.340 e. The fourth-order valence-electron chi connectivity index (χ4n) is 5.30. The Morgan fingerprint density at radius 3 is 2.17 bits per heavy atom. The van der Waals surface area contributed by atoms with Gasteiger partial charge in [0.2, 0.25) is 11.8 Å². The third-order valence-electron chi connectivity index (χ3n) is 7.04. The molecular formula is C32H28N2O8. The second-order valence-electron chi connectivity index (χ2n) is 9.43. The van der Waals surface area contributed by atoms with Crippen LogP contribution in [0.2, 0.25) is 0 Å². The van der Waals surface area contributed by atoms with Gasteiger partial charge in [0.15, 0.2) is 0 Å². The van der Waals surface area contributed by atoms with Crippen molar-refractivity contribution >= 4 is 35.3 Å². The first-order valence-corrected chi connectivity index (χ1v) is 13.2. The van der Waals surface area contributed by atoms with Gasteiger partial charge in [-0.15, -0.1) is 0 Å². The van der Waals surface area contributed by atoms with E-state index in [0.29, 0.717) is 5.56 Å². The Morgan fingerprint density at radius 1 is 0.857 bits per heavy atom. The number of carbonyl (C=O) groups is 4. The van der Waals surface area contributed by atoms with Gasteiger partial charge in [-0.2, -0.15) is 0 Å². The monoisotopic (exact) mass is 568 g/mol. The lowest BCUT2D eigenvalue weighted by molar-refractivity contribution is -0.144. The standard InChI is InChI=1S/C32H28N2O8/c1-3-40-30(37)25-27(21-14-8-5-9-15-21)42-28(33)26(29(36)39-2)32(25)22-16-10-11-17-23(22)34(31(32)38)18-24(35)41-19-20-12-6-4-7-13-20/h4-17H,3,18-19,33H2,1-2H3. The number of ether oxygens (including phenoxy) is 4. The molecule has 1 amide bonds. The van der Waals surface area contributed by atoms with E-state index in [-0.39, 0.29) is 35.8 Å². The van der Waals surface area contributed by atoms with E-state index in [0.717, 1.165) is 12.7 Å². The molecule has 2 N–H and O–H groups in total. The minimum Gasteiger partial charge on any atom is -0.465 e. The lowest BCUT2D eigenvalue weighted by atomic mass is 9.67. The predicted octanol–water partition coefficient (Wildman–Crippen LogP) is 3.36. The van der Waals surface area contributed by atoms with Gasteiger partial charge in [-0.1, -0.05) is 78.9 Å². The SMILES string of the molecule is CCOC(=O)C1=C(c2ccccc2)OC(N)=C(C(=O)OC)C12C(=O)N(CC(=O)OCc1ccccc1)c1ccccc12. The Labute approximate surface area is 241 Å². The van der Waals surface area contributed by atoms with Crippen LogP contribution >= 0.6 is 0 Å². The second-order valence-corrected chi connectivity index (χ2v) is 9.43. The van der Waals surface area contributed by atoms with Gasteiger partial charge in [0, 0.05) is 16.8 Å². The summed E-state index contributed by atoms with van der Waals surface area (Å²) in [6.07, 6.45) is 0. The minimum absolute atomic E-state index is 0.00523. The summed E-state index contributed by atoms with van der Waals surface area (Å²) in [6, 6.07) is 24.1. The first-order chi connectivity index (χ1) is 20.3. The molecule has 1 unspecified atom stereocenters. The molecule has 214 valence electrons. The molecule has 1 spiro atoms. The number of anilines is 1. The zero-order chi connectivity index (χ0) is 29.9. The highest BCUT2D eigenvalue weighted by Gasteiger charge is 2.64.